The van der Waals surface area contributed by atoms with Crippen molar-refractivity contribution in [2.45, 2.75) is 246 Å². The molecule has 0 N–H and O–H groups in total. The Kier molecular flexibility index (Phi) is 12.6. The molecule has 0 atom stereocenters. The summed E-state index contributed by atoms with van der Waals surface area (Å²) < 4.78 is 0. The van der Waals surface area contributed by atoms with Crippen LogP contribution in [-0.2, 0) is 0 Å². The van der Waals surface area contributed by atoms with E-state index in [4.69, 9.17) is 0 Å². The van der Waals surface area contributed by atoms with Crippen LogP contribution in [0, 0.1) is 0 Å². The molecule has 0 aliphatic heterocycles. The second-order valence-corrected chi connectivity index (χ2v) is 28.5. The first-order valence-corrected chi connectivity index (χ1v) is 25.4. The molecule has 0 bridgehead atoms. The van der Waals surface area contributed by atoms with Crippen LogP contribution in [0.3, 0.4) is 0 Å². The van der Waals surface area contributed by atoms with Gasteiger partial charge in [0.1, 0.15) is 0 Å². The monoisotopic (exact) mass is 631 g/mol. The summed E-state index contributed by atoms with van der Waals surface area (Å²) in [6.45, 7) is 5.19. The molecule has 0 heterocycles. The van der Waals surface area contributed by atoms with Gasteiger partial charge in [-0.05, 0) is 0 Å². The van der Waals surface area contributed by atoms with Crippen LogP contribution in [0.4, 0.5) is 0 Å². The summed E-state index contributed by atoms with van der Waals surface area (Å²) in [6.07, 6.45) is 51.6. The molecule has 0 aromatic carbocycles. The molecule has 0 aromatic heterocycles. The number of allylic oxidation sites excluding steroid dienone is 2. The minimum absolute atomic E-state index is 1.13. The SMILES string of the molecule is CC(C)=CC([PH](C1CCCCC1)(C1CCCCC1)C1CCCCC1)[PH](C1CCCCC1)(C1CCCCC1)C1CCCCC1. The maximum absolute atomic E-state index is 3.26. The Bertz CT molecular complexity index is 682. The second kappa shape index (κ2) is 16.1. The van der Waals surface area contributed by atoms with Crippen LogP contribution in [0.2, 0.25) is 0 Å². The van der Waals surface area contributed by atoms with Gasteiger partial charge in [-0.2, -0.15) is 0 Å². The zero-order valence-electron chi connectivity index (χ0n) is 29.3. The number of hydrogen-bond acceptors (Lipinski definition) is 0. The van der Waals surface area contributed by atoms with Crippen LogP contribution in [0.15, 0.2) is 11.6 Å². The third-order valence-electron chi connectivity index (χ3n) is 15.5. The normalized spacial score (nSPS) is 29.3. The molecule has 43 heavy (non-hydrogen) atoms. The van der Waals surface area contributed by atoms with Gasteiger partial charge in [-0.1, -0.05) is 0 Å². The van der Waals surface area contributed by atoms with Crippen LogP contribution in [-0.4, -0.2) is 39.4 Å². The van der Waals surface area contributed by atoms with Gasteiger partial charge < -0.3 is 0 Å². The van der Waals surface area contributed by atoms with E-state index in [2.05, 4.69) is 19.9 Å². The van der Waals surface area contributed by atoms with Crippen LogP contribution < -0.4 is 0 Å². The Morgan fingerprint density at radius 2 is 0.535 bits per heavy atom. The molecule has 0 amide bonds. The second-order valence-electron chi connectivity index (χ2n) is 17.7. The first kappa shape index (κ1) is 33.5. The van der Waals surface area contributed by atoms with Crippen LogP contribution in [0.5, 0.6) is 0 Å². The number of hydrogen-bond donors (Lipinski definition) is 0. The van der Waals surface area contributed by atoms with Gasteiger partial charge in [0.25, 0.3) is 0 Å². The molecule has 2 heteroatoms. The third kappa shape index (κ3) is 6.94. The molecule has 6 aliphatic rings. The van der Waals surface area contributed by atoms with Gasteiger partial charge in [0.05, 0.1) is 0 Å². The van der Waals surface area contributed by atoms with Gasteiger partial charge >= 0.3 is 272 Å². The van der Waals surface area contributed by atoms with Crippen molar-refractivity contribution < 1.29 is 0 Å². The zero-order valence-corrected chi connectivity index (χ0v) is 31.3. The van der Waals surface area contributed by atoms with Crippen molar-refractivity contribution in [3.05, 3.63) is 11.6 Å². The van der Waals surface area contributed by atoms with E-state index in [1.165, 1.54) is 34.0 Å². The number of rotatable bonds is 9. The first-order valence-electron chi connectivity index (χ1n) is 20.8. The van der Waals surface area contributed by atoms with E-state index in [0.29, 0.717) is 0 Å². The molecule has 250 valence electrons. The topological polar surface area (TPSA) is 0 Å². The Morgan fingerprint density at radius 1 is 0.349 bits per heavy atom. The fourth-order valence-electron chi connectivity index (χ4n) is 14.2. The summed E-state index contributed by atoms with van der Waals surface area (Å²) in [7, 11) is -3.37. The van der Waals surface area contributed by atoms with Crippen molar-refractivity contribution in [2.75, 3.05) is 0 Å². The zero-order chi connectivity index (χ0) is 29.5. The van der Waals surface area contributed by atoms with Crippen molar-refractivity contribution in [3.8, 4) is 0 Å². The fraction of sp³-hybridized carbons (Fsp3) is 0.951. The van der Waals surface area contributed by atoms with Crippen molar-refractivity contribution in [1.29, 1.82) is 0 Å². The molecular weight excluding hydrogens is 554 g/mol. The van der Waals surface area contributed by atoms with Gasteiger partial charge in [0, 0.05) is 0 Å². The molecule has 0 aromatic rings. The van der Waals surface area contributed by atoms with E-state index in [1.54, 1.807) is 198 Å². The summed E-state index contributed by atoms with van der Waals surface area (Å²) in [6, 6.07) is 0. The van der Waals surface area contributed by atoms with E-state index in [1.807, 2.05) is 0 Å². The van der Waals surface area contributed by atoms with Crippen molar-refractivity contribution in [1.82, 2.24) is 0 Å². The standard InChI is InChI=1S/C41H76P2/c1-34(2)33-41(42(35-21-9-3-10-22-35,36-23-11-4-12-24-36)37-25-13-5-14-26-37)43(38-27-15-6-16-28-38,39-29-17-7-18-30-39)40-31-19-8-20-32-40/h33,35-43H,3-32H2,1-2H3. The van der Waals surface area contributed by atoms with Gasteiger partial charge in [0.2, 0.25) is 0 Å². The van der Waals surface area contributed by atoms with Gasteiger partial charge in [-0.25, -0.2) is 0 Å². The van der Waals surface area contributed by atoms with Crippen LogP contribution in [0.25, 0.3) is 0 Å². The maximum atomic E-state index is 3.26. The van der Waals surface area contributed by atoms with E-state index in [9.17, 15) is 0 Å². The Labute approximate surface area is 271 Å². The summed E-state index contributed by atoms with van der Waals surface area (Å²) in [4.78, 5) is 0. The van der Waals surface area contributed by atoms with Crippen molar-refractivity contribution >= 4 is 14.5 Å². The molecule has 6 aliphatic carbocycles. The molecule has 0 nitrogen and oxygen atoms in total. The average molecular weight is 631 g/mol. The van der Waals surface area contributed by atoms with E-state index < -0.39 is 14.5 Å². The van der Waals surface area contributed by atoms with Crippen molar-refractivity contribution in [2.24, 2.45) is 0 Å². The van der Waals surface area contributed by atoms with Gasteiger partial charge in [-0.3, -0.25) is 0 Å². The quantitative estimate of drug-likeness (QED) is 0.176. The molecule has 0 radical (unpaired) electrons. The summed E-state index contributed by atoms with van der Waals surface area (Å²) in [5.41, 5.74) is 8.83. The van der Waals surface area contributed by atoms with Gasteiger partial charge in [0.15, 0.2) is 0 Å². The predicted octanol–water partition coefficient (Wildman–Crippen LogP) is 13.8. The fourth-order valence-corrected chi connectivity index (χ4v) is 38.6. The van der Waals surface area contributed by atoms with Crippen molar-refractivity contribution in [3.63, 3.8) is 0 Å². The molecule has 0 saturated heterocycles. The Hall–Kier alpha value is 0.600. The summed E-state index contributed by atoms with van der Waals surface area (Å²) in [5.74, 6) is 0. The van der Waals surface area contributed by atoms with E-state index in [0.717, 1.165) is 5.40 Å². The predicted molar refractivity (Wildman–Crippen MR) is 201 cm³/mol. The molecular formula is C41H76P2. The molecule has 0 spiro atoms. The molecule has 6 rings (SSSR count). The minimum atomic E-state index is -1.69. The van der Waals surface area contributed by atoms with E-state index in [-0.39, 0.29) is 0 Å². The summed E-state index contributed by atoms with van der Waals surface area (Å²) >= 11 is 0. The van der Waals surface area contributed by atoms with Crippen LogP contribution >= 0.6 is 14.5 Å². The average Bonchev–Trinajstić information content (AvgIpc) is 3.08. The van der Waals surface area contributed by atoms with Gasteiger partial charge in [-0.15, -0.1) is 0 Å². The Balaban J connectivity index is 1.62. The van der Waals surface area contributed by atoms with Crippen LogP contribution in [0.1, 0.15) is 206 Å². The molecule has 6 saturated carbocycles. The third-order valence-corrected chi connectivity index (χ3v) is 32.9. The Morgan fingerprint density at radius 3 is 0.698 bits per heavy atom. The molecule has 6 fully saturated rings. The van der Waals surface area contributed by atoms with E-state index >= 15 is 0 Å². The first-order chi connectivity index (χ1) is 21.2. The summed E-state index contributed by atoms with van der Waals surface area (Å²) in [5, 5.41) is 1.13. The molecule has 0 unspecified atom stereocenters.